The molecule has 34 heavy (non-hydrogen) atoms. The number of benzene rings is 2. The first-order chi connectivity index (χ1) is 16.3. The van der Waals surface area contributed by atoms with Gasteiger partial charge in [-0.3, -0.25) is 4.79 Å². The fourth-order valence-corrected chi connectivity index (χ4v) is 5.51. The van der Waals surface area contributed by atoms with Gasteiger partial charge in [0.2, 0.25) is 15.9 Å². The number of nitrogens with one attached hydrogen (secondary N) is 2. The van der Waals surface area contributed by atoms with Gasteiger partial charge >= 0.3 is 0 Å². The van der Waals surface area contributed by atoms with Crippen LogP contribution in [0, 0.1) is 11.7 Å². The van der Waals surface area contributed by atoms with E-state index < -0.39 is 10.0 Å². The minimum atomic E-state index is -3.67. The van der Waals surface area contributed by atoms with Gasteiger partial charge in [0, 0.05) is 29.9 Å². The third-order valence-electron chi connectivity index (χ3n) is 6.21. The molecule has 0 bridgehead atoms. The van der Waals surface area contributed by atoms with E-state index in [4.69, 9.17) is 0 Å². The normalized spacial score (nSPS) is 19.4. The Morgan fingerprint density at radius 1 is 0.941 bits per heavy atom. The van der Waals surface area contributed by atoms with Crippen molar-refractivity contribution in [2.75, 3.05) is 0 Å². The van der Waals surface area contributed by atoms with Crippen molar-refractivity contribution in [3.05, 3.63) is 78.6 Å². The zero-order chi connectivity index (χ0) is 24.1. The Labute approximate surface area is 198 Å². The molecule has 0 radical (unpaired) electrons. The van der Waals surface area contributed by atoms with E-state index >= 15 is 0 Å². The van der Waals surface area contributed by atoms with Crippen LogP contribution in [0.3, 0.4) is 0 Å². The lowest BCUT2D eigenvalue weighted by Gasteiger charge is -2.29. The Hall–Kier alpha value is -3.17. The Balaban J connectivity index is 1.30. The van der Waals surface area contributed by atoms with E-state index in [1.165, 1.54) is 18.5 Å². The average molecular weight is 483 g/mol. The number of carbonyl (C=O) groups excluding carboxylic acids is 1. The molecule has 2 N–H and O–H groups in total. The molecule has 0 aliphatic heterocycles. The molecule has 1 amide bonds. The molecule has 1 fully saturated rings. The highest BCUT2D eigenvalue weighted by Gasteiger charge is 2.29. The van der Waals surface area contributed by atoms with Crippen LogP contribution in [0.25, 0.3) is 11.1 Å². The van der Waals surface area contributed by atoms with Crippen LogP contribution in [0.1, 0.15) is 44.2 Å². The Bertz CT molecular complexity index is 1210. The van der Waals surface area contributed by atoms with Crippen LogP contribution in [0.2, 0.25) is 0 Å². The quantitative estimate of drug-likeness (QED) is 0.530. The Morgan fingerprint density at radius 2 is 1.56 bits per heavy atom. The lowest BCUT2D eigenvalue weighted by molar-refractivity contribution is -0.126. The van der Waals surface area contributed by atoms with Gasteiger partial charge in [-0.2, -0.15) is 0 Å². The maximum absolute atomic E-state index is 13.1. The van der Waals surface area contributed by atoms with Gasteiger partial charge in [0.1, 0.15) is 12.1 Å². The summed E-state index contributed by atoms with van der Waals surface area (Å²) in [4.78, 5) is 20.8. The van der Waals surface area contributed by atoms with E-state index in [0.717, 1.165) is 16.7 Å². The molecule has 178 valence electrons. The predicted octanol–water partition coefficient (Wildman–Crippen LogP) is 4.00. The third-order valence-corrected chi connectivity index (χ3v) is 7.74. The topological polar surface area (TPSA) is 101 Å². The number of hydrogen-bond acceptors (Lipinski definition) is 5. The van der Waals surface area contributed by atoms with Crippen LogP contribution in [0.5, 0.6) is 0 Å². The molecule has 1 atom stereocenters. The van der Waals surface area contributed by atoms with Gasteiger partial charge in [0.25, 0.3) is 0 Å². The Morgan fingerprint density at radius 3 is 2.18 bits per heavy atom. The van der Waals surface area contributed by atoms with Gasteiger partial charge < -0.3 is 5.32 Å². The van der Waals surface area contributed by atoms with Gasteiger partial charge in [0.05, 0.1) is 10.9 Å². The molecule has 9 heteroatoms. The van der Waals surface area contributed by atoms with E-state index in [1.54, 1.807) is 48.8 Å². The van der Waals surface area contributed by atoms with Crippen molar-refractivity contribution < 1.29 is 17.6 Å². The molecule has 1 aliphatic carbocycles. The predicted molar refractivity (Wildman–Crippen MR) is 126 cm³/mol. The molecule has 0 saturated heterocycles. The molecule has 2 aromatic carbocycles. The number of hydrogen-bond donors (Lipinski definition) is 2. The molecule has 1 aliphatic rings. The summed E-state index contributed by atoms with van der Waals surface area (Å²) in [6.45, 7) is 1.86. The molecular formula is C25H27FN4O3S. The number of amides is 1. The van der Waals surface area contributed by atoms with Crippen molar-refractivity contribution in [1.29, 1.82) is 0 Å². The monoisotopic (exact) mass is 482 g/mol. The fraction of sp³-hybridized carbons (Fsp3) is 0.320. The zero-order valence-electron chi connectivity index (χ0n) is 18.8. The fourth-order valence-electron chi connectivity index (χ4n) is 4.20. The van der Waals surface area contributed by atoms with Crippen molar-refractivity contribution in [2.45, 2.75) is 49.6 Å². The van der Waals surface area contributed by atoms with Crippen molar-refractivity contribution in [1.82, 2.24) is 20.0 Å². The standard InChI is InChI=1S/C25H27FN4O3S/c1-17(18-2-8-22(26)9-3-18)29-25(31)20-4-10-23(11-5-20)30-34(32,33)24-12-6-19(7-13-24)21-14-27-16-28-15-21/h2-3,6-9,12-17,20,23,30H,4-5,10-11H2,1H3,(H,29,31)/t17-,20-,23-/m1/s1. The van der Waals surface area contributed by atoms with E-state index in [0.29, 0.717) is 25.7 Å². The van der Waals surface area contributed by atoms with Crippen LogP contribution >= 0.6 is 0 Å². The highest BCUT2D eigenvalue weighted by atomic mass is 32.2. The van der Waals surface area contributed by atoms with Crippen LogP contribution in [0.15, 0.2) is 72.1 Å². The highest BCUT2D eigenvalue weighted by molar-refractivity contribution is 7.89. The van der Waals surface area contributed by atoms with Crippen molar-refractivity contribution >= 4 is 15.9 Å². The lowest BCUT2D eigenvalue weighted by atomic mass is 9.85. The van der Waals surface area contributed by atoms with Gasteiger partial charge in [-0.1, -0.05) is 24.3 Å². The maximum atomic E-state index is 13.1. The summed E-state index contributed by atoms with van der Waals surface area (Å²) in [7, 11) is -3.67. The number of halogens is 1. The number of nitrogens with zero attached hydrogens (tertiary/aromatic N) is 2. The Kier molecular flexibility index (Phi) is 7.33. The molecule has 7 nitrogen and oxygen atoms in total. The van der Waals surface area contributed by atoms with E-state index in [1.807, 2.05) is 6.92 Å². The van der Waals surface area contributed by atoms with Crippen LogP contribution in [-0.4, -0.2) is 30.3 Å². The summed E-state index contributed by atoms with van der Waals surface area (Å²) in [6, 6.07) is 12.2. The summed E-state index contributed by atoms with van der Waals surface area (Å²) in [6.07, 6.45) is 7.15. The number of sulfonamides is 1. The smallest absolute Gasteiger partial charge is 0.240 e. The lowest BCUT2D eigenvalue weighted by Crippen LogP contribution is -2.41. The zero-order valence-corrected chi connectivity index (χ0v) is 19.6. The minimum absolute atomic E-state index is 0.0568. The number of rotatable bonds is 7. The molecule has 1 aromatic heterocycles. The largest absolute Gasteiger partial charge is 0.349 e. The first-order valence-corrected chi connectivity index (χ1v) is 12.7. The summed E-state index contributed by atoms with van der Waals surface area (Å²) >= 11 is 0. The second kappa shape index (κ2) is 10.4. The molecular weight excluding hydrogens is 455 g/mol. The second-order valence-electron chi connectivity index (χ2n) is 8.60. The summed E-state index contributed by atoms with van der Waals surface area (Å²) in [5.41, 5.74) is 2.48. The van der Waals surface area contributed by atoms with Gasteiger partial charge in [-0.05, 0) is 68.0 Å². The van der Waals surface area contributed by atoms with E-state index in [-0.39, 0.29) is 34.6 Å². The number of aromatic nitrogens is 2. The highest BCUT2D eigenvalue weighted by Crippen LogP contribution is 2.27. The summed E-state index contributed by atoms with van der Waals surface area (Å²) in [5, 5.41) is 2.98. The van der Waals surface area contributed by atoms with E-state index in [9.17, 15) is 17.6 Å². The van der Waals surface area contributed by atoms with Crippen molar-refractivity contribution in [2.24, 2.45) is 5.92 Å². The van der Waals surface area contributed by atoms with E-state index in [2.05, 4.69) is 20.0 Å². The average Bonchev–Trinajstić information content (AvgIpc) is 2.85. The van der Waals surface area contributed by atoms with Gasteiger partial charge in [0.15, 0.2) is 0 Å². The first kappa shape index (κ1) is 24.0. The summed E-state index contributed by atoms with van der Waals surface area (Å²) in [5.74, 6) is -0.542. The van der Waals surface area contributed by atoms with Crippen LogP contribution < -0.4 is 10.0 Å². The maximum Gasteiger partial charge on any atom is 0.240 e. The molecule has 3 aromatic rings. The molecule has 1 heterocycles. The van der Waals surface area contributed by atoms with Crippen molar-refractivity contribution in [3.63, 3.8) is 0 Å². The SMILES string of the molecule is C[C@@H](NC(=O)[C@H]1CC[C@H](NS(=O)(=O)c2ccc(-c3cncnc3)cc2)CC1)c1ccc(F)cc1. The van der Waals surface area contributed by atoms with Gasteiger partial charge in [-0.15, -0.1) is 0 Å². The van der Waals surface area contributed by atoms with Crippen molar-refractivity contribution in [3.8, 4) is 11.1 Å². The third kappa shape index (κ3) is 5.84. The molecule has 0 unspecified atom stereocenters. The molecule has 1 saturated carbocycles. The van der Waals surface area contributed by atoms with Gasteiger partial charge in [-0.25, -0.2) is 27.5 Å². The second-order valence-corrected chi connectivity index (χ2v) is 10.3. The van der Waals surface area contributed by atoms with Crippen LogP contribution in [-0.2, 0) is 14.8 Å². The minimum Gasteiger partial charge on any atom is -0.349 e. The number of carbonyl (C=O) groups is 1. The first-order valence-electron chi connectivity index (χ1n) is 11.3. The molecule has 0 spiro atoms. The summed E-state index contributed by atoms with van der Waals surface area (Å²) < 4.78 is 41.6. The van der Waals surface area contributed by atoms with Crippen LogP contribution in [0.4, 0.5) is 4.39 Å². The molecule has 4 rings (SSSR count).